The summed E-state index contributed by atoms with van der Waals surface area (Å²) in [4.78, 5) is 15.0. The number of aromatic nitrogens is 1. The summed E-state index contributed by atoms with van der Waals surface area (Å²) in [5, 5.41) is 12.5. The Morgan fingerprint density at radius 3 is 2.68 bits per heavy atom. The van der Waals surface area contributed by atoms with Gasteiger partial charge in [-0.15, -0.1) is 0 Å². The first kappa shape index (κ1) is 17.3. The average molecular weight is 342 g/mol. The number of aryl methyl sites for hydroxylation is 1. The van der Waals surface area contributed by atoms with Gasteiger partial charge in [0.05, 0.1) is 13.2 Å². The highest BCUT2D eigenvalue weighted by atomic mass is 16.5. The van der Waals surface area contributed by atoms with Crippen LogP contribution in [0.1, 0.15) is 28.6 Å². The zero-order valence-electron chi connectivity index (χ0n) is 14.5. The molecule has 132 valence electrons. The summed E-state index contributed by atoms with van der Waals surface area (Å²) in [5.41, 5.74) is 0.560. The molecule has 2 aromatic heterocycles. The summed E-state index contributed by atoms with van der Waals surface area (Å²) in [6.45, 7) is 7.59. The van der Waals surface area contributed by atoms with Gasteiger partial charge >= 0.3 is 0 Å². The summed E-state index contributed by atoms with van der Waals surface area (Å²) in [5.74, 6) is 0.532. The summed E-state index contributed by atoms with van der Waals surface area (Å²) in [7, 11) is 0. The van der Waals surface area contributed by atoms with Crippen LogP contribution < -0.4 is 5.32 Å². The number of carbonyl (C=O) groups excluding carboxylic acids is 1. The molecule has 0 aliphatic carbocycles. The fraction of sp³-hybridized carbons (Fsp3) is 0.444. The van der Waals surface area contributed by atoms with Gasteiger partial charge in [0.2, 0.25) is 5.88 Å². The van der Waals surface area contributed by atoms with Crippen LogP contribution in [0.25, 0.3) is 5.88 Å². The van der Waals surface area contributed by atoms with Gasteiger partial charge in [0.15, 0.2) is 0 Å². The standard InChI is InChI=1S/C18H22N4O3/c1-13(12-21-7-9-24-10-8-21)20-17(23)16-14(2)25-18(15(16)11-19)22-5-3-4-6-22/h3-6,13H,7-10,12H2,1-2H3,(H,20,23). The third kappa shape index (κ3) is 3.76. The van der Waals surface area contributed by atoms with Crippen molar-refractivity contribution in [3.05, 3.63) is 41.4 Å². The first-order valence-corrected chi connectivity index (χ1v) is 8.38. The molecule has 0 spiro atoms. The number of nitrogens with one attached hydrogen (secondary N) is 1. The van der Waals surface area contributed by atoms with Crippen LogP contribution in [-0.2, 0) is 4.74 Å². The highest BCUT2D eigenvalue weighted by Gasteiger charge is 2.25. The molecule has 7 nitrogen and oxygen atoms in total. The van der Waals surface area contributed by atoms with Crippen molar-refractivity contribution < 1.29 is 13.9 Å². The Balaban J connectivity index is 1.74. The molecule has 7 heteroatoms. The molecule has 0 bridgehead atoms. The van der Waals surface area contributed by atoms with E-state index in [1.165, 1.54) is 0 Å². The van der Waals surface area contributed by atoms with Crippen molar-refractivity contribution in [2.24, 2.45) is 0 Å². The minimum Gasteiger partial charge on any atom is -0.443 e. The predicted molar refractivity (Wildman–Crippen MR) is 91.7 cm³/mol. The Kier molecular flexibility index (Phi) is 5.22. The van der Waals surface area contributed by atoms with E-state index in [1.807, 2.05) is 19.1 Å². The summed E-state index contributed by atoms with van der Waals surface area (Å²) in [6, 6.07) is 5.74. The molecule has 1 unspecified atom stereocenters. The normalized spacial score (nSPS) is 16.4. The van der Waals surface area contributed by atoms with E-state index in [2.05, 4.69) is 16.3 Å². The molecular weight excluding hydrogens is 320 g/mol. The van der Waals surface area contributed by atoms with Crippen LogP contribution in [0, 0.1) is 18.3 Å². The molecule has 3 heterocycles. The molecular formula is C18H22N4O3. The fourth-order valence-corrected chi connectivity index (χ4v) is 3.07. The third-order valence-electron chi connectivity index (χ3n) is 4.26. The van der Waals surface area contributed by atoms with E-state index < -0.39 is 0 Å². The number of ether oxygens (including phenoxy) is 1. The minimum atomic E-state index is -0.281. The van der Waals surface area contributed by atoms with E-state index in [-0.39, 0.29) is 17.5 Å². The maximum Gasteiger partial charge on any atom is 0.256 e. The number of hydrogen-bond donors (Lipinski definition) is 1. The van der Waals surface area contributed by atoms with Crippen LogP contribution in [0.3, 0.4) is 0 Å². The molecule has 0 saturated carbocycles. The van der Waals surface area contributed by atoms with Crippen molar-refractivity contribution in [1.29, 1.82) is 5.26 Å². The Morgan fingerprint density at radius 1 is 1.36 bits per heavy atom. The van der Waals surface area contributed by atoms with Crippen molar-refractivity contribution in [2.45, 2.75) is 19.9 Å². The van der Waals surface area contributed by atoms with Crippen molar-refractivity contribution in [2.75, 3.05) is 32.8 Å². The van der Waals surface area contributed by atoms with Crippen LogP contribution in [0.5, 0.6) is 0 Å². The van der Waals surface area contributed by atoms with Gasteiger partial charge in [-0.3, -0.25) is 14.3 Å². The van der Waals surface area contributed by atoms with Gasteiger partial charge in [-0.05, 0) is 26.0 Å². The summed E-state index contributed by atoms with van der Waals surface area (Å²) >= 11 is 0. The lowest BCUT2D eigenvalue weighted by atomic mass is 10.1. The highest BCUT2D eigenvalue weighted by Crippen LogP contribution is 2.25. The van der Waals surface area contributed by atoms with Gasteiger partial charge in [-0.2, -0.15) is 5.26 Å². The average Bonchev–Trinajstić information content (AvgIpc) is 3.22. The molecule has 0 aromatic carbocycles. The SMILES string of the molecule is Cc1oc(-n2cccc2)c(C#N)c1C(=O)NC(C)CN1CCOCC1. The van der Waals surface area contributed by atoms with Gasteiger partial charge in [0.25, 0.3) is 5.91 Å². The Labute approximate surface area is 146 Å². The molecule has 1 aliphatic heterocycles. The number of nitrogens with zero attached hydrogens (tertiary/aromatic N) is 3. The lowest BCUT2D eigenvalue weighted by molar-refractivity contribution is 0.0342. The number of amides is 1. The van der Waals surface area contributed by atoms with E-state index in [1.54, 1.807) is 23.9 Å². The van der Waals surface area contributed by atoms with E-state index in [9.17, 15) is 10.1 Å². The van der Waals surface area contributed by atoms with E-state index in [4.69, 9.17) is 9.15 Å². The van der Waals surface area contributed by atoms with Crippen molar-refractivity contribution in [3.63, 3.8) is 0 Å². The second kappa shape index (κ2) is 7.55. The first-order valence-electron chi connectivity index (χ1n) is 8.38. The largest absolute Gasteiger partial charge is 0.443 e. The third-order valence-corrected chi connectivity index (χ3v) is 4.26. The van der Waals surface area contributed by atoms with Gasteiger partial charge in [0.1, 0.15) is 23.0 Å². The number of hydrogen-bond acceptors (Lipinski definition) is 5. The highest BCUT2D eigenvalue weighted by molar-refractivity contribution is 5.98. The first-order chi connectivity index (χ1) is 12.1. The van der Waals surface area contributed by atoms with Gasteiger partial charge in [0, 0.05) is 38.1 Å². The van der Waals surface area contributed by atoms with Crippen LogP contribution in [0.2, 0.25) is 0 Å². The Morgan fingerprint density at radius 2 is 2.04 bits per heavy atom. The van der Waals surface area contributed by atoms with E-state index >= 15 is 0 Å². The molecule has 0 radical (unpaired) electrons. The lowest BCUT2D eigenvalue weighted by Gasteiger charge is -2.29. The second-order valence-electron chi connectivity index (χ2n) is 6.20. The van der Waals surface area contributed by atoms with E-state index in [0.29, 0.717) is 17.2 Å². The van der Waals surface area contributed by atoms with Crippen LogP contribution in [-0.4, -0.2) is 54.3 Å². The van der Waals surface area contributed by atoms with Crippen molar-refractivity contribution in [1.82, 2.24) is 14.8 Å². The molecule has 2 aromatic rings. The number of carbonyl (C=O) groups is 1. The second-order valence-corrected chi connectivity index (χ2v) is 6.20. The molecule has 1 N–H and O–H groups in total. The number of nitriles is 1. The quantitative estimate of drug-likeness (QED) is 0.894. The fourth-order valence-electron chi connectivity index (χ4n) is 3.07. The zero-order chi connectivity index (χ0) is 17.8. The van der Waals surface area contributed by atoms with Crippen LogP contribution in [0.4, 0.5) is 0 Å². The Bertz CT molecular complexity index is 767. The molecule has 1 aliphatic rings. The molecule has 25 heavy (non-hydrogen) atoms. The molecule has 3 rings (SSSR count). The van der Waals surface area contributed by atoms with Crippen LogP contribution >= 0.6 is 0 Å². The number of rotatable bonds is 5. The van der Waals surface area contributed by atoms with Crippen LogP contribution in [0.15, 0.2) is 28.9 Å². The lowest BCUT2D eigenvalue weighted by Crippen LogP contribution is -2.46. The van der Waals surface area contributed by atoms with E-state index in [0.717, 1.165) is 32.8 Å². The number of furan rings is 1. The van der Waals surface area contributed by atoms with Crippen molar-refractivity contribution in [3.8, 4) is 12.0 Å². The van der Waals surface area contributed by atoms with Gasteiger partial charge < -0.3 is 14.5 Å². The minimum absolute atomic E-state index is 0.0403. The molecule has 1 fully saturated rings. The topological polar surface area (TPSA) is 83.4 Å². The van der Waals surface area contributed by atoms with Gasteiger partial charge in [-0.25, -0.2) is 0 Å². The predicted octanol–water partition coefficient (Wildman–Crippen LogP) is 1.70. The Hall–Kier alpha value is -2.56. The molecule has 1 atom stereocenters. The number of morpholine rings is 1. The van der Waals surface area contributed by atoms with Gasteiger partial charge in [-0.1, -0.05) is 0 Å². The van der Waals surface area contributed by atoms with Crippen molar-refractivity contribution >= 4 is 5.91 Å². The molecule has 1 saturated heterocycles. The zero-order valence-corrected chi connectivity index (χ0v) is 14.5. The summed E-state index contributed by atoms with van der Waals surface area (Å²) in [6.07, 6.45) is 3.56. The maximum atomic E-state index is 12.7. The molecule has 1 amide bonds. The summed E-state index contributed by atoms with van der Waals surface area (Å²) < 4.78 is 12.7. The smallest absolute Gasteiger partial charge is 0.256 e. The monoisotopic (exact) mass is 342 g/mol. The maximum absolute atomic E-state index is 12.7.